The highest BCUT2D eigenvalue weighted by Gasteiger charge is 2.17. The molecule has 2 aromatic carbocycles. The number of nitrogens with zero attached hydrogens (tertiary/aromatic N) is 3. The quantitative estimate of drug-likeness (QED) is 0.419. The van der Waals surface area contributed by atoms with Crippen LogP contribution in [0.4, 0.5) is 0 Å². The number of fused-ring (bicyclic) bond motifs is 1. The molecule has 0 aliphatic rings. The SMILES string of the molecule is Clc1ccc(C(Cn2ccnc2)OCc2cnc3ccccc3c2)c(Cl)c1. The predicted octanol–water partition coefficient (Wildman–Crippen LogP) is 5.70. The number of para-hydroxylation sites is 1. The van der Waals surface area contributed by atoms with Gasteiger partial charge in [0.25, 0.3) is 0 Å². The lowest BCUT2D eigenvalue weighted by molar-refractivity contribution is 0.0279. The van der Waals surface area contributed by atoms with Crippen molar-refractivity contribution in [3.63, 3.8) is 0 Å². The summed E-state index contributed by atoms with van der Waals surface area (Å²) in [5.74, 6) is 0. The van der Waals surface area contributed by atoms with Crippen LogP contribution in [-0.4, -0.2) is 14.5 Å². The molecule has 0 spiro atoms. The number of halogens is 2. The summed E-state index contributed by atoms with van der Waals surface area (Å²) in [5, 5.41) is 2.28. The molecule has 0 saturated heterocycles. The van der Waals surface area contributed by atoms with Crippen LogP contribution in [0, 0.1) is 0 Å². The van der Waals surface area contributed by atoms with E-state index in [1.165, 1.54) is 0 Å². The van der Waals surface area contributed by atoms with E-state index in [4.69, 9.17) is 27.9 Å². The van der Waals surface area contributed by atoms with Gasteiger partial charge in [-0.2, -0.15) is 0 Å². The third kappa shape index (κ3) is 4.30. The fourth-order valence-electron chi connectivity index (χ4n) is 2.98. The molecule has 4 rings (SSSR count). The van der Waals surface area contributed by atoms with Crippen molar-refractivity contribution in [3.8, 4) is 0 Å². The van der Waals surface area contributed by atoms with Gasteiger partial charge in [-0.15, -0.1) is 0 Å². The highest BCUT2D eigenvalue weighted by molar-refractivity contribution is 6.35. The number of ether oxygens (including phenoxy) is 1. The van der Waals surface area contributed by atoms with Gasteiger partial charge in [0.1, 0.15) is 6.10 Å². The minimum Gasteiger partial charge on any atom is -0.367 e. The van der Waals surface area contributed by atoms with Crippen molar-refractivity contribution in [2.75, 3.05) is 0 Å². The number of benzene rings is 2. The fourth-order valence-corrected chi connectivity index (χ4v) is 3.51. The largest absolute Gasteiger partial charge is 0.367 e. The summed E-state index contributed by atoms with van der Waals surface area (Å²) in [6, 6.07) is 15.6. The monoisotopic (exact) mass is 397 g/mol. The van der Waals surface area contributed by atoms with E-state index in [0.29, 0.717) is 23.2 Å². The topological polar surface area (TPSA) is 39.9 Å². The summed E-state index contributed by atoms with van der Waals surface area (Å²) in [7, 11) is 0. The Morgan fingerprint density at radius 3 is 2.78 bits per heavy atom. The molecule has 27 heavy (non-hydrogen) atoms. The van der Waals surface area contributed by atoms with Gasteiger partial charge in [-0.3, -0.25) is 4.98 Å². The maximum absolute atomic E-state index is 6.42. The molecule has 0 saturated carbocycles. The summed E-state index contributed by atoms with van der Waals surface area (Å²) in [6.45, 7) is 1.03. The average molecular weight is 398 g/mol. The van der Waals surface area contributed by atoms with Crippen LogP contribution < -0.4 is 0 Å². The number of pyridine rings is 1. The third-order valence-electron chi connectivity index (χ3n) is 4.34. The molecule has 2 heterocycles. The Balaban J connectivity index is 1.57. The Kier molecular flexibility index (Phi) is 5.39. The van der Waals surface area contributed by atoms with E-state index < -0.39 is 0 Å². The zero-order valence-corrected chi connectivity index (χ0v) is 15.9. The summed E-state index contributed by atoms with van der Waals surface area (Å²) in [5.41, 5.74) is 2.87. The van der Waals surface area contributed by atoms with E-state index in [1.54, 1.807) is 18.6 Å². The molecule has 0 bridgehead atoms. The van der Waals surface area contributed by atoms with Crippen LogP contribution in [0.5, 0.6) is 0 Å². The molecule has 1 atom stereocenters. The van der Waals surface area contributed by atoms with Gasteiger partial charge in [-0.05, 0) is 29.8 Å². The summed E-state index contributed by atoms with van der Waals surface area (Å²) in [6.07, 6.45) is 7.01. The van der Waals surface area contributed by atoms with Gasteiger partial charge in [0.05, 0.1) is 25.0 Å². The Bertz CT molecular complexity index is 1050. The van der Waals surface area contributed by atoms with Gasteiger partial charge in [-0.25, -0.2) is 4.98 Å². The van der Waals surface area contributed by atoms with Crippen molar-refractivity contribution < 1.29 is 4.74 Å². The lowest BCUT2D eigenvalue weighted by Gasteiger charge is -2.20. The molecule has 1 unspecified atom stereocenters. The number of rotatable bonds is 6. The van der Waals surface area contributed by atoms with Crippen molar-refractivity contribution in [1.29, 1.82) is 0 Å². The maximum atomic E-state index is 6.42. The van der Waals surface area contributed by atoms with Crippen molar-refractivity contribution in [2.24, 2.45) is 0 Å². The molecular weight excluding hydrogens is 381 g/mol. The average Bonchev–Trinajstić information content (AvgIpc) is 3.18. The first-order chi connectivity index (χ1) is 13.2. The van der Waals surface area contributed by atoms with E-state index in [9.17, 15) is 0 Å². The first-order valence-corrected chi connectivity index (χ1v) is 9.30. The number of aromatic nitrogens is 3. The van der Waals surface area contributed by atoms with Crippen molar-refractivity contribution in [3.05, 3.63) is 94.6 Å². The zero-order valence-electron chi connectivity index (χ0n) is 14.4. The number of imidazole rings is 1. The van der Waals surface area contributed by atoms with E-state index in [2.05, 4.69) is 16.0 Å². The highest BCUT2D eigenvalue weighted by atomic mass is 35.5. The first kappa shape index (κ1) is 18.0. The molecule has 0 fully saturated rings. The van der Waals surface area contributed by atoms with Crippen LogP contribution >= 0.6 is 23.2 Å². The van der Waals surface area contributed by atoms with E-state index in [0.717, 1.165) is 22.0 Å². The maximum Gasteiger partial charge on any atom is 0.102 e. The second kappa shape index (κ2) is 8.09. The molecular formula is C21H17Cl2N3O. The molecule has 4 nitrogen and oxygen atoms in total. The predicted molar refractivity (Wildman–Crippen MR) is 108 cm³/mol. The van der Waals surface area contributed by atoms with E-state index in [-0.39, 0.29) is 6.10 Å². The Hall–Kier alpha value is -2.40. The second-order valence-corrected chi connectivity index (χ2v) is 7.10. The van der Waals surface area contributed by atoms with Gasteiger partial charge >= 0.3 is 0 Å². The van der Waals surface area contributed by atoms with Gasteiger partial charge in [-0.1, -0.05) is 47.5 Å². The molecule has 0 radical (unpaired) electrons. The molecule has 4 aromatic rings. The van der Waals surface area contributed by atoms with Crippen LogP contribution in [-0.2, 0) is 17.9 Å². The first-order valence-electron chi connectivity index (χ1n) is 8.55. The summed E-state index contributed by atoms with van der Waals surface area (Å²) < 4.78 is 8.21. The molecule has 2 aromatic heterocycles. The highest BCUT2D eigenvalue weighted by Crippen LogP contribution is 2.30. The molecule has 136 valence electrons. The minimum atomic E-state index is -0.240. The van der Waals surface area contributed by atoms with Crippen LogP contribution in [0.15, 0.2) is 73.4 Å². The Morgan fingerprint density at radius 1 is 1.07 bits per heavy atom. The van der Waals surface area contributed by atoms with E-state index >= 15 is 0 Å². The zero-order chi connectivity index (χ0) is 18.6. The van der Waals surface area contributed by atoms with Crippen molar-refractivity contribution in [2.45, 2.75) is 19.3 Å². The number of hydrogen-bond donors (Lipinski definition) is 0. The van der Waals surface area contributed by atoms with Crippen molar-refractivity contribution >= 4 is 34.1 Å². The smallest absolute Gasteiger partial charge is 0.102 e. The molecule has 0 N–H and O–H groups in total. The summed E-state index contributed by atoms with van der Waals surface area (Å²) >= 11 is 12.5. The van der Waals surface area contributed by atoms with Crippen LogP contribution in [0.25, 0.3) is 10.9 Å². The van der Waals surface area contributed by atoms with Gasteiger partial charge in [0.2, 0.25) is 0 Å². The normalized spacial score (nSPS) is 12.4. The van der Waals surface area contributed by atoms with Gasteiger partial charge in [0.15, 0.2) is 0 Å². The Labute approximate surface area is 167 Å². The summed E-state index contributed by atoms with van der Waals surface area (Å²) in [4.78, 5) is 8.60. The van der Waals surface area contributed by atoms with Crippen LogP contribution in [0.2, 0.25) is 10.0 Å². The minimum absolute atomic E-state index is 0.240. The molecule has 0 amide bonds. The van der Waals surface area contributed by atoms with E-state index in [1.807, 2.05) is 53.4 Å². The molecule has 0 aliphatic carbocycles. The Morgan fingerprint density at radius 2 is 1.96 bits per heavy atom. The second-order valence-electron chi connectivity index (χ2n) is 6.26. The standard InChI is InChI=1S/C21H17Cl2N3O/c22-17-5-6-18(19(23)10-17)21(12-26-8-7-24-14-26)27-13-15-9-16-3-1-2-4-20(16)25-11-15/h1-11,14,21H,12-13H2. The molecule has 6 heteroatoms. The van der Waals surface area contributed by atoms with Crippen LogP contribution in [0.1, 0.15) is 17.2 Å². The lowest BCUT2D eigenvalue weighted by Crippen LogP contribution is -2.12. The lowest BCUT2D eigenvalue weighted by atomic mass is 10.1. The van der Waals surface area contributed by atoms with Gasteiger partial charge < -0.3 is 9.30 Å². The fraction of sp³-hybridized carbons (Fsp3) is 0.143. The van der Waals surface area contributed by atoms with Crippen molar-refractivity contribution in [1.82, 2.24) is 14.5 Å². The van der Waals surface area contributed by atoms with Crippen LogP contribution in [0.3, 0.4) is 0 Å². The third-order valence-corrected chi connectivity index (χ3v) is 4.91. The van der Waals surface area contributed by atoms with Gasteiger partial charge in [0, 0.05) is 39.6 Å². The number of hydrogen-bond acceptors (Lipinski definition) is 3. The molecule has 0 aliphatic heterocycles.